The number of methoxy groups -OCH3 is 1. The summed E-state index contributed by atoms with van der Waals surface area (Å²) >= 11 is 0. The lowest BCUT2D eigenvalue weighted by Gasteiger charge is -2.25. The van der Waals surface area contributed by atoms with Gasteiger partial charge < -0.3 is 20.3 Å². The molecular formula is C18H25N3O3. The molecule has 0 bridgehead atoms. The van der Waals surface area contributed by atoms with Gasteiger partial charge in [0.15, 0.2) is 0 Å². The molecule has 2 aliphatic rings. The van der Waals surface area contributed by atoms with Gasteiger partial charge in [0, 0.05) is 25.6 Å². The second kappa shape index (κ2) is 7.66. The fraction of sp³-hybridized carbons (Fsp3) is 0.556. The highest BCUT2D eigenvalue weighted by Gasteiger charge is 2.35. The summed E-state index contributed by atoms with van der Waals surface area (Å²) in [5.74, 6) is 0.639. The molecule has 1 aromatic rings. The molecule has 2 fully saturated rings. The van der Waals surface area contributed by atoms with Gasteiger partial charge in [0.25, 0.3) is 0 Å². The van der Waals surface area contributed by atoms with E-state index in [1.165, 1.54) is 0 Å². The number of piperidine rings is 1. The third kappa shape index (κ3) is 4.06. The predicted molar refractivity (Wildman–Crippen MR) is 90.6 cm³/mol. The monoisotopic (exact) mass is 331 g/mol. The van der Waals surface area contributed by atoms with Gasteiger partial charge in [-0.2, -0.15) is 0 Å². The van der Waals surface area contributed by atoms with Crippen molar-refractivity contribution in [2.45, 2.75) is 31.8 Å². The van der Waals surface area contributed by atoms with Crippen LogP contribution < -0.4 is 15.4 Å². The van der Waals surface area contributed by atoms with Crippen LogP contribution in [0.4, 0.5) is 0 Å². The minimum atomic E-state index is -0.231. The zero-order valence-corrected chi connectivity index (χ0v) is 14.1. The fourth-order valence-corrected chi connectivity index (χ4v) is 3.34. The number of ether oxygens (including phenoxy) is 1. The van der Waals surface area contributed by atoms with Crippen LogP contribution >= 0.6 is 0 Å². The minimum Gasteiger partial charge on any atom is -0.497 e. The van der Waals surface area contributed by atoms with Gasteiger partial charge in [0.05, 0.1) is 13.0 Å². The molecule has 2 amide bonds. The van der Waals surface area contributed by atoms with Gasteiger partial charge >= 0.3 is 0 Å². The number of carbonyl (C=O) groups is 2. The van der Waals surface area contributed by atoms with Crippen molar-refractivity contribution in [1.29, 1.82) is 0 Å². The molecule has 2 aliphatic heterocycles. The van der Waals surface area contributed by atoms with Gasteiger partial charge in [0.2, 0.25) is 11.8 Å². The summed E-state index contributed by atoms with van der Waals surface area (Å²) in [4.78, 5) is 26.4. The summed E-state index contributed by atoms with van der Waals surface area (Å²) < 4.78 is 5.14. The fourth-order valence-electron chi connectivity index (χ4n) is 3.34. The van der Waals surface area contributed by atoms with E-state index >= 15 is 0 Å². The number of benzene rings is 1. The first-order chi connectivity index (χ1) is 11.7. The van der Waals surface area contributed by atoms with Crippen LogP contribution in [-0.2, 0) is 16.1 Å². The minimum absolute atomic E-state index is 0.0208. The molecule has 6 nitrogen and oxygen atoms in total. The number of hydrogen-bond donors (Lipinski definition) is 2. The number of hydrogen-bond acceptors (Lipinski definition) is 4. The summed E-state index contributed by atoms with van der Waals surface area (Å²) in [6.45, 7) is 2.93. The molecular weight excluding hydrogens is 306 g/mol. The summed E-state index contributed by atoms with van der Waals surface area (Å²) in [5.41, 5.74) is 1.04. The second-order valence-electron chi connectivity index (χ2n) is 6.56. The summed E-state index contributed by atoms with van der Waals surface area (Å²) in [7, 11) is 1.63. The van der Waals surface area contributed by atoms with Gasteiger partial charge in [-0.05, 0) is 43.6 Å². The van der Waals surface area contributed by atoms with Crippen LogP contribution in [0.3, 0.4) is 0 Å². The maximum atomic E-state index is 12.4. The van der Waals surface area contributed by atoms with Gasteiger partial charge in [-0.3, -0.25) is 9.59 Å². The number of carbonyl (C=O) groups excluding carboxylic acids is 2. The van der Waals surface area contributed by atoms with Crippen LogP contribution in [0.2, 0.25) is 0 Å². The number of rotatable bonds is 5. The molecule has 0 saturated carbocycles. The van der Waals surface area contributed by atoms with Crippen molar-refractivity contribution in [2.24, 2.45) is 5.92 Å². The first-order valence-electron chi connectivity index (χ1n) is 8.57. The topological polar surface area (TPSA) is 70.7 Å². The maximum Gasteiger partial charge on any atom is 0.225 e. The van der Waals surface area contributed by atoms with Gasteiger partial charge in [-0.25, -0.2) is 0 Å². The van der Waals surface area contributed by atoms with E-state index in [1.54, 1.807) is 12.0 Å². The van der Waals surface area contributed by atoms with Crippen molar-refractivity contribution < 1.29 is 14.3 Å². The van der Waals surface area contributed by atoms with E-state index in [1.807, 2.05) is 24.3 Å². The van der Waals surface area contributed by atoms with Crippen molar-refractivity contribution in [1.82, 2.24) is 15.5 Å². The van der Waals surface area contributed by atoms with Crippen molar-refractivity contribution in [3.63, 3.8) is 0 Å². The summed E-state index contributed by atoms with van der Waals surface area (Å²) in [6, 6.07) is 7.92. The average Bonchev–Trinajstić information content (AvgIpc) is 2.97. The Hall–Kier alpha value is -2.08. The number of nitrogens with zero attached hydrogens (tertiary/aromatic N) is 1. The SMILES string of the molecule is COc1ccc(CN2CC(C(=O)NC3CCNCC3)CC2=O)cc1. The smallest absolute Gasteiger partial charge is 0.225 e. The first-order valence-corrected chi connectivity index (χ1v) is 8.57. The Kier molecular flexibility index (Phi) is 5.35. The Balaban J connectivity index is 1.53. The molecule has 3 rings (SSSR count). The van der Waals surface area contributed by atoms with Crippen LogP contribution in [0.1, 0.15) is 24.8 Å². The molecule has 0 radical (unpaired) electrons. The number of amides is 2. The Bertz CT molecular complexity index is 582. The molecule has 0 spiro atoms. The third-order valence-corrected chi connectivity index (χ3v) is 4.80. The van der Waals surface area contributed by atoms with Crippen LogP contribution in [0.5, 0.6) is 5.75 Å². The largest absolute Gasteiger partial charge is 0.497 e. The molecule has 24 heavy (non-hydrogen) atoms. The summed E-state index contributed by atoms with van der Waals surface area (Å²) in [5, 5.41) is 6.39. The second-order valence-corrected chi connectivity index (χ2v) is 6.56. The normalized spacial score (nSPS) is 21.8. The van der Waals surface area contributed by atoms with Gasteiger partial charge in [0.1, 0.15) is 5.75 Å². The van der Waals surface area contributed by atoms with Crippen LogP contribution in [0.25, 0.3) is 0 Å². The molecule has 2 saturated heterocycles. The zero-order valence-electron chi connectivity index (χ0n) is 14.1. The standard InChI is InChI=1S/C18H25N3O3/c1-24-16-4-2-13(3-5-16)11-21-12-14(10-17(21)22)18(23)20-15-6-8-19-9-7-15/h2-5,14-15,19H,6-12H2,1H3,(H,20,23). The highest BCUT2D eigenvalue weighted by Crippen LogP contribution is 2.22. The third-order valence-electron chi connectivity index (χ3n) is 4.80. The lowest BCUT2D eigenvalue weighted by molar-refractivity contribution is -0.129. The van der Waals surface area contributed by atoms with Crippen LogP contribution in [0, 0.1) is 5.92 Å². The molecule has 1 aromatic carbocycles. The van der Waals surface area contributed by atoms with Gasteiger partial charge in [-0.1, -0.05) is 12.1 Å². The van der Waals surface area contributed by atoms with Crippen molar-refractivity contribution in [2.75, 3.05) is 26.7 Å². The lowest BCUT2D eigenvalue weighted by Crippen LogP contribution is -2.45. The highest BCUT2D eigenvalue weighted by atomic mass is 16.5. The maximum absolute atomic E-state index is 12.4. The van der Waals surface area contributed by atoms with E-state index in [9.17, 15) is 9.59 Å². The molecule has 1 unspecified atom stereocenters. The Labute approximate surface area is 142 Å². The Morgan fingerprint density at radius 3 is 2.67 bits per heavy atom. The summed E-state index contributed by atoms with van der Waals surface area (Å²) in [6.07, 6.45) is 2.23. The van der Waals surface area contributed by atoms with E-state index in [-0.39, 0.29) is 23.8 Å². The van der Waals surface area contributed by atoms with Crippen molar-refractivity contribution in [3.8, 4) is 5.75 Å². The first kappa shape index (κ1) is 16.8. The number of likely N-dealkylation sites (tertiary alicyclic amines) is 1. The van der Waals surface area contributed by atoms with Crippen molar-refractivity contribution >= 4 is 11.8 Å². The number of nitrogens with one attached hydrogen (secondary N) is 2. The molecule has 0 aliphatic carbocycles. The molecule has 2 N–H and O–H groups in total. The van der Waals surface area contributed by atoms with E-state index < -0.39 is 0 Å². The molecule has 2 heterocycles. The Morgan fingerprint density at radius 1 is 1.29 bits per heavy atom. The Morgan fingerprint density at radius 2 is 2.00 bits per heavy atom. The average molecular weight is 331 g/mol. The van der Waals surface area contributed by atoms with Crippen LogP contribution in [0.15, 0.2) is 24.3 Å². The lowest BCUT2D eigenvalue weighted by atomic mass is 10.0. The van der Waals surface area contributed by atoms with E-state index in [4.69, 9.17) is 4.74 Å². The highest BCUT2D eigenvalue weighted by molar-refractivity contribution is 5.89. The van der Waals surface area contributed by atoms with E-state index in [2.05, 4.69) is 10.6 Å². The van der Waals surface area contributed by atoms with Crippen molar-refractivity contribution in [3.05, 3.63) is 29.8 Å². The molecule has 130 valence electrons. The molecule has 6 heteroatoms. The quantitative estimate of drug-likeness (QED) is 0.841. The molecule has 0 aromatic heterocycles. The zero-order chi connectivity index (χ0) is 16.9. The van der Waals surface area contributed by atoms with Crippen LogP contribution in [-0.4, -0.2) is 49.5 Å². The van der Waals surface area contributed by atoms with E-state index in [0.29, 0.717) is 19.5 Å². The molecule has 1 atom stereocenters. The van der Waals surface area contributed by atoms with E-state index in [0.717, 1.165) is 37.2 Å². The predicted octanol–water partition coefficient (Wildman–Crippen LogP) is 0.912. The van der Waals surface area contributed by atoms with Gasteiger partial charge in [-0.15, -0.1) is 0 Å².